The van der Waals surface area contributed by atoms with Crippen LogP contribution in [-0.4, -0.2) is 41.3 Å². The second-order valence-electron chi connectivity index (χ2n) is 6.29. The monoisotopic (exact) mass is 341 g/mol. The van der Waals surface area contributed by atoms with Gasteiger partial charge in [-0.3, -0.25) is 9.59 Å². The topological polar surface area (TPSA) is 75.4 Å². The van der Waals surface area contributed by atoms with Gasteiger partial charge in [-0.2, -0.15) is 0 Å². The summed E-state index contributed by atoms with van der Waals surface area (Å²) in [7, 11) is 0. The number of pyridine rings is 1. The van der Waals surface area contributed by atoms with Crippen molar-refractivity contribution in [1.82, 2.24) is 15.2 Å². The van der Waals surface area contributed by atoms with Gasteiger partial charge in [0.2, 0.25) is 5.91 Å². The van der Waals surface area contributed by atoms with E-state index >= 15 is 0 Å². The van der Waals surface area contributed by atoms with Crippen LogP contribution in [0.5, 0.6) is 0 Å². The van der Waals surface area contributed by atoms with Gasteiger partial charge < -0.3 is 14.6 Å². The van der Waals surface area contributed by atoms with Gasteiger partial charge in [0.25, 0.3) is 5.91 Å². The number of amides is 2. The van der Waals surface area contributed by atoms with Crippen molar-refractivity contribution in [2.75, 3.05) is 19.6 Å². The molecule has 0 bridgehead atoms. The van der Waals surface area contributed by atoms with Crippen molar-refractivity contribution < 1.29 is 14.0 Å². The molecule has 1 atom stereocenters. The Morgan fingerprint density at radius 2 is 2.20 bits per heavy atom. The minimum absolute atomic E-state index is 0.0306. The summed E-state index contributed by atoms with van der Waals surface area (Å²) in [4.78, 5) is 31.2. The highest BCUT2D eigenvalue weighted by Gasteiger charge is 2.29. The van der Waals surface area contributed by atoms with E-state index in [0.717, 1.165) is 12.8 Å². The van der Waals surface area contributed by atoms with Crippen LogP contribution in [0.4, 0.5) is 0 Å². The maximum atomic E-state index is 12.9. The smallest absolute Gasteiger partial charge is 0.255 e. The summed E-state index contributed by atoms with van der Waals surface area (Å²) in [6.45, 7) is 5.48. The van der Waals surface area contributed by atoms with E-state index in [-0.39, 0.29) is 17.7 Å². The molecular formula is C19H23N3O3. The molecule has 1 aliphatic rings. The number of aryl methyl sites for hydroxylation is 1. The van der Waals surface area contributed by atoms with Crippen LogP contribution in [0.2, 0.25) is 0 Å². The number of piperidine rings is 1. The lowest BCUT2D eigenvalue weighted by atomic mass is 9.96. The zero-order valence-electron chi connectivity index (χ0n) is 14.6. The molecule has 6 heteroatoms. The third kappa shape index (κ3) is 3.73. The third-order valence-electron chi connectivity index (χ3n) is 4.52. The zero-order chi connectivity index (χ0) is 17.8. The first-order chi connectivity index (χ1) is 12.1. The van der Waals surface area contributed by atoms with E-state index in [1.807, 2.05) is 19.9 Å². The normalized spacial score (nSPS) is 17.4. The first kappa shape index (κ1) is 17.2. The van der Waals surface area contributed by atoms with Gasteiger partial charge in [0, 0.05) is 19.6 Å². The SMILES string of the molecule is CCNC(=O)C1CCCN(C(=O)c2ccc(-c3ccco3)nc2C)C1. The Labute approximate surface area is 147 Å². The molecule has 132 valence electrons. The highest BCUT2D eigenvalue weighted by molar-refractivity contribution is 5.96. The first-order valence-electron chi connectivity index (χ1n) is 8.68. The largest absolute Gasteiger partial charge is 0.463 e. The number of aromatic nitrogens is 1. The van der Waals surface area contributed by atoms with Crippen LogP contribution < -0.4 is 5.32 Å². The van der Waals surface area contributed by atoms with Crippen molar-refractivity contribution in [3.05, 3.63) is 41.8 Å². The van der Waals surface area contributed by atoms with Crippen LogP contribution >= 0.6 is 0 Å². The van der Waals surface area contributed by atoms with E-state index in [9.17, 15) is 9.59 Å². The van der Waals surface area contributed by atoms with E-state index in [1.54, 1.807) is 29.4 Å². The van der Waals surface area contributed by atoms with Crippen molar-refractivity contribution in [3.63, 3.8) is 0 Å². The Balaban J connectivity index is 1.75. The second kappa shape index (κ2) is 7.51. The van der Waals surface area contributed by atoms with E-state index < -0.39 is 0 Å². The molecule has 0 aromatic carbocycles. The fraction of sp³-hybridized carbons (Fsp3) is 0.421. The molecule has 2 aromatic heterocycles. The maximum absolute atomic E-state index is 12.9. The maximum Gasteiger partial charge on any atom is 0.255 e. The number of carbonyl (C=O) groups excluding carboxylic acids is 2. The van der Waals surface area contributed by atoms with E-state index in [1.165, 1.54) is 0 Å². The average Bonchev–Trinajstić information content (AvgIpc) is 3.16. The predicted molar refractivity (Wildman–Crippen MR) is 94.0 cm³/mol. The molecule has 2 aromatic rings. The van der Waals surface area contributed by atoms with E-state index in [4.69, 9.17) is 4.42 Å². The Kier molecular flexibility index (Phi) is 5.16. The first-order valence-corrected chi connectivity index (χ1v) is 8.68. The van der Waals surface area contributed by atoms with Crippen LogP contribution in [0.1, 0.15) is 35.8 Å². The lowest BCUT2D eigenvalue weighted by molar-refractivity contribution is -0.126. The van der Waals surface area contributed by atoms with Gasteiger partial charge in [-0.05, 0) is 51.0 Å². The number of hydrogen-bond donors (Lipinski definition) is 1. The molecule has 2 amide bonds. The molecule has 0 radical (unpaired) electrons. The molecule has 25 heavy (non-hydrogen) atoms. The minimum Gasteiger partial charge on any atom is -0.463 e. The summed E-state index contributed by atoms with van der Waals surface area (Å²) >= 11 is 0. The number of rotatable bonds is 4. The number of likely N-dealkylation sites (tertiary alicyclic amines) is 1. The average molecular weight is 341 g/mol. The van der Waals surface area contributed by atoms with Crippen LogP contribution in [0.3, 0.4) is 0 Å². The molecule has 3 heterocycles. The highest BCUT2D eigenvalue weighted by Crippen LogP contribution is 2.22. The van der Waals surface area contributed by atoms with Crippen LogP contribution in [-0.2, 0) is 4.79 Å². The van der Waals surface area contributed by atoms with Gasteiger partial charge in [-0.15, -0.1) is 0 Å². The van der Waals surface area contributed by atoms with E-state index in [0.29, 0.717) is 42.3 Å². The van der Waals surface area contributed by atoms with Gasteiger partial charge >= 0.3 is 0 Å². The van der Waals surface area contributed by atoms with Crippen LogP contribution in [0.25, 0.3) is 11.5 Å². The van der Waals surface area contributed by atoms with Crippen molar-refractivity contribution in [2.45, 2.75) is 26.7 Å². The molecule has 0 aliphatic carbocycles. The number of hydrogen-bond acceptors (Lipinski definition) is 4. The Morgan fingerprint density at radius 1 is 1.36 bits per heavy atom. The molecular weight excluding hydrogens is 318 g/mol. The summed E-state index contributed by atoms with van der Waals surface area (Å²) < 4.78 is 5.35. The molecule has 1 unspecified atom stereocenters. The Morgan fingerprint density at radius 3 is 2.88 bits per heavy atom. The molecule has 1 N–H and O–H groups in total. The van der Waals surface area contributed by atoms with Crippen molar-refractivity contribution >= 4 is 11.8 Å². The standard InChI is InChI=1S/C19H23N3O3/c1-3-20-18(23)14-6-4-10-22(12-14)19(24)15-8-9-16(21-13(15)2)17-7-5-11-25-17/h5,7-9,11,14H,3-4,6,10,12H2,1-2H3,(H,20,23). The molecule has 0 spiro atoms. The quantitative estimate of drug-likeness (QED) is 0.927. The van der Waals surface area contributed by atoms with Crippen molar-refractivity contribution in [2.24, 2.45) is 5.92 Å². The lowest BCUT2D eigenvalue weighted by Gasteiger charge is -2.32. The summed E-state index contributed by atoms with van der Waals surface area (Å²) in [5, 5.41) is 2.85. The molecule has 1 saturated heterocycles. The molecule has 6 nitrogen and oxygen atoms in total. The Hall–Kier alpha value is -2.63. The predicted octanol–water partition coefficient (Wildman–Crippen LogP) is 2.64. The van der Waals surface area contributed by atoms with Gasteiger partial charge in [0.15, 0.2) is 5.76 Å². The summed E-state index contributed by atoms with van der Waals surface area (Å²) in [5.41, 5.74) is 1.95. The lowest BCUT2D eigenvalue weighted by Crippen LogP contribution is -2.45. The minimum atomic E-state index is -0.131. The fourth-order valence-corrected chi connectivity index (χ4v) is 3.21. The number of carbonyl (C=O) groups is 2. The number of furan rings is 1. The molecule has 0 saturated carbocycles. The molecule has 3 rings (SSSR count). The van der Waals surface area contributed by atoms with Gasteiger partial charge in [-0.25, -0.2) is 4.98 Å². The second-order valence-corrected chi connectivity index (χ2v) is 6.29. The Bertz CT molecular complexity index is 755. The molecule has 1 aliphatic heterocycles. The van der Waals surface area contributed by atoms with Gasteiger partial charge in [-0.1, -0.05) is 0 Å². The summed E-state index contributed by atoms with van der Waals surface area (Å²) in [6, 6.07) is 7.23. The third-order valence-corrected chi connectivity index (χ3v) is 4.52. The van der Waals surface area contributed by atoms with E-state index in [2.05, 4.69) is 10.3 Å². The van der Waals surface area contributed by atoms with Gasteiger partial charge in [0.05, 0.1) is 23.4 Å². The summed E-state index contributed by atoms with van der Waals surface area (Å²) in [5.74, 6) is 0.512. The van der Waals surface area contributed by atoms with Crippen molar-refractivity contribution in [1.29, 1.82) is 0 Å². The zero-order valence-corrected chi connectivity index (χ0v) is 14.6. The summed E-state index contributed by atoms with van der Waals surface area (Å²) in [6.07, 6.45) is 3.26. The highest BCUT2D eigenvalue weighted by atomic mass is 16.3. The fourth-order valence-electron chi connectivity index (χ4n) is 3.21. The molecule has 1 fully saturated rings. The van der Waals surface area contributed by atoms with Crippen molar-refractivity contribution in [3.8, 4) is 11.5 Å². The van der Waals surface area contributed by atoms with Crippen LogP contribution in [0, 0.1) is 12.8 Å². The van der Waals surface area contributed by atoms with Crippen LogP contribution in [0.15, 0.2) is 34.9 Å². The number of nitrogens with zero attached hydrogens (tertiary/aromatic N) is 2. The van der Waals surface area contributed by atoms with Gasteiger partial charge in [0.1, 0.15) is 5.69 Å². The number of nitrogens with one attached hydrogen (secondary N) is 1.